The molecule has 0 fully saturated rings. The molecule has 0 radical (unpaired) electrons. The van der Waals surface area contributed by atoms with Gasteiger partial charge < -0.3 is 14.4 Å². The van der Waals surface area contributed by atoms with Gasteiger partial charge in [-0.05, 0) is 26.0 Å². The van der Waals surface area contributed by atoms with E-state index in [0.717, 1.165) is 21.5 Å². The maximum atomic E-state index is 5.54. The van der Waals surface area contributed by atoms with Crippen LogP contribution < -0.4 is 9.64 Å². The number of hydrogen-bond donors (Lipinski definition) is 0. The van der Waals surface area contributed by atoms with E-state index < -0.39 is 0 Å². The van der Waals surface area contributed by atoms with Gasteiger partial charge in [0.2, 0.25) is 0 Å². The zero-order valence-corrected chi connectivity index (χ0v) is 12.9. The molecule has 1 aromatic carbocycles. The Morgan fingerprint density at radius 3 is 2.18 bits per heavy atom. The monoisotopic (exact) mass is 301 g/mol. The van der Waals surface area contributed by atoms with Gasteiger partial charge in [0.1, 0.15) is 5.75 Å². The van der Waals surface area contributed by atoms with E-state index in [0.29, 0.717) is 0 Å². The van der Waals surface area contributed by atoms with Crippen molar-refractivity contribution in [1.82, 2.24) is 0 Å². The Kier molecular flexibility index (Phi) is 4.44. The zero-order valence-electron chi connectivity index (χ0n) is 11.3. The van der Waals surface area contributed by atoms with Gasteiger partial charge >= 0.3 is 0 Å². The number of anilines is 1. The number of hydrogen-bond acceptors (Lipinski definition) is 3. The minimum atomic E-state index is -0.389. The summed E-state index contributed by atoms with van der Waals surface area (Å²) in [5.41, 5.74) is 1.67. The number of methoxy groups -OCH3 is 2. The number of halogens is 1. The first-order chi connectivity index (χ1) is 7.83. The van der Waals surface area contributed by atoms with Crippen molar-refractivity contribution in [1.29, 1.82) is 0 Å². The highest BCUT2D eigenvalue weighted by atomic mass is 79.9. The van der Waals surface area contributed by atoms with Crippen molar-refractivity contribution in [3.8, 4) is 5.75 Å². The van der Waals surface area contributed by atoms with Crippen LogP contribution in [0.5, 0.6) is 5.75 Å². The summed E-state index contributed by atoms with van der Waals surface area (Å²) < 4.78 is 12.1. The summed E-state index contributed by atoms with van der Waals surface area (Å²) in [6.45, 7) is 4.05. The van der Waals surface area contributed by atoms with Crippen molar-refractivity contribution in [2.75, 3.05) is 33.2 Å². The van der Waals surface area contributed by atoms with E-state index in [9.17, 15) is 0 Å². The van der Waals surface area contributed by atoms with E-state index in [1.807, 2.05) is 45.0 Å². The zero-order chi connectivity index (χ0) is 13.2. The standard InChI is InChI=1S/C13H20BrNO2/c1-13(2,17-6)10-7-9(14)8-11(15(3)4)12(10)16-5/h7-8H,1-6H3. The highest BCUT2D eigenvalue weighted by molar-refractivity contribution is 9.10. The molecule has 0 bridgehead atoms. The molecule has 0 saturated carbocycles. The molecule has 0 saturated heterocycles. The van der Waals surface area contributed by atoms with Gasteiger partial charge in [-0.25, -0.2) is 0 Å². The van der Waals surface area contributed by atoms with Crippen molar-refractivity contribution in [2.45, 2.75) is 19.4 Å². The minimum absolute atomic E-state index is 0.389. The third-order valence-electron chi connectivity index (χ3n) is 2.88. The van der Waals surface area contributed by atoms with Gasteiger partial charge in [0.25, 0.3) is 0 Å². The maximum Gasteiger partial charge on any atom is 0.148 e. The molecule has 3 nitrogen and oxygen atoms in total. The molecule has 1 aromatic rings. The lowest BCUT2D eigenvalue weighted by Crippen LogP contribution is -2.22. The molecule has 0 spiro atoms. The fraction of sp³-hybridized carbons (Fsp3) is 0.538. The summed E-state index contributed by atoms with van der Waals surface area (Å²) in [7, 11) is 7.38. The van der Waals surface area contributed by atoms with Crippen molar-refractivity contribution in [2.24, 2.45) is 0 Å². The van der Waals surface area contributed by atoms with E-state index in [2.05, 4.69) is 15.9 Å². The molecule has 0 aromatic heterocycles. The Labute approximate surface area is 112 Å². The van der Waals surface area contributed by atoms with E-state index in [4.69, 9.17) is 9.47 Å². The highest BCUT2D eigenvalue weighted by Gasteiger charge is 2.26. The molecule has 1 rings (SSSR count). The lowest BCUT2D eigenvalue weighted by Gasteiger charge is -2.28. The highest BCUT2D eigenvalue weighted by Crippen LogP contribution is 2.41. The smallest absolute Gasteiger partial charge is 0.148 e. The Balaban J connectivity index is 3.49. The Bertz CT molecular complexity index is 403. The van der Waals surface area contributed by atoms with Crippen molar-refractivity contribution in [3.63, 3.8) is 0 Å². The predicted octanol–water partition coefficient (Wildman–Crippen LogP) is 3.41. The van der Waals surface area contributed by atoms with Crippen LogP contribution in [0.3, 0.4) is 0 Å². The second kappa shape index (κ2) is 5.27. The largest absolute Gasteiger partial charge is 0.494 e. The summed E-state index contributed by atoms with van der Waals surface area (Å²) >= 11 is 3.53. The first-order valence-corrected chi connectivity index (χ1v) is 6.23. The molecule has 17 heavy (non-hydrogen) atoms. The van der Waals surface area contributed by atoms with Crippen molar-refractivity contribution in [3.05, 3.63) is 22.2 Å². The SMILES string of the molecule is COc1c(N(C)C)cc(Br)cc1C(C)(C)OC. The summed E-state index contributed by atoms with van der Waals surface area (Å²) in [4.78, 5) is 2.03. The topological polar surface area (TPSA) is 21.7 Å². The first kappa shape index (κ1) is 14.3. The van der Waals surface area contributed by atoms with Gasteiger partial charge in [-0.15, -0.1) is 0 Å². The van der Waals surface area contributed by atoms with Crippen LogP contribution in [-0.2, 0) is 10.3 Å². The molecule has 0 heterocycles. The average Bonchev–Trinajstić information content (AvgIpc) is 2.27. The van der Waals surface area contributed by atoms with Crippen molar-refractivity contribution < 1.29 is 9.47 Å². The van der Waals surface area contributed by atoms with Crippen LogP contribution in [0.4, 0.5) is 5.69 Å². The minimum Gasteiger partial charge on any atom is -0.494 e. The second-order valence-electron chi connectivity index (χ2n) is 4.61. The third-order valence-corrected chi connectivity index (χ3v) is 3.34. The molecule has 0 aliphatic heterocycles. The van der Waals surface area contributed by atoms with Gasteiger partial charge in [-0.2, -0.15) is 0 Å². The molecule has 0 unspecified atom stereocenters. The van der Waals surface area contributed by atoms with Crippen LogP contribution in [0.25, 0.3) is 0 Å². The van der Waals surface area contributed by atoms with Crippen LogP contribution in [0.1, 0.15) is 19.4 Å². The molecule has 0 aliphatic rings. The third kappa shape index (κ3) is 2.93. The first-order valence-electron chi connectivity index (χ1n) is 5.44. The molecule has 0 N–H and O–H groups in total. The molecular weight excluding hydrogens is 282 g/mol. The predicted molar refractivity (Wildman–Crippen MR) is 75.1 cm³/mol. The summed E-state index contributed by atoms with van der Waals surface area (Å²) in [6, 6.07) is 4.07. The van der Waals surface area contributed by atoms with Crippen molar-refractivity contribution >= 4 is 21.6 Å². The van der Waals surface area contributed by atoms with Gasteiger partial charge in [-0.3, -0.25) is 0 Å². The molecule has 0 aliphatic carbocycles. The van der Waals surface area contributed by atoms with Crippen LogP contribution in [-0.4, -0.2) is 28.3 Å². The van der Waals surface area contributed by atoms with Crippen LogP contribution in [0, 0.1) is 0 Å². The number of rotatable bonds is 4. The molecule has 4 heteroatoms. The Morgan fingerprint density at radius 1 is 1.18 bits per heavy atom. The molecular formula is C13H20BrNO2. The van der Waals surface area contributed by atoms with Gasteiger partial charge in [0.15, 0.2) is 0 Å². The fourth-order valence-electron chi connectivity index (χ4n) is 1.68. The van der Waals surface area contributed by atoms with Crippen LogP contribution in [0.2, 0.25) is 0 Å². The van der Waals surface area contributed by atoms with Crippen LogP contribution in [0.15, 0.2) is 16.6 Å². The number of benzene rings is 1. The number of ether oxygens (including phenoxy) is 2. The van der Waals surface area contributed by atoms with Gasteiger partial charge in [0.05, 0.1) is 18.4 Å². The molecule has 96 valence electrons. The maximum absolute atomic E-state index is 5.54. The van der Waals surface area contributed by atoms with E-state index in [-0.39, 0.29) is 5.60 Å². The Morgan fingerprint density at radius 2 is 1.76 bits per heavy atom. The lowest BCUT2D eigenvalue weighted by molar-refractivity contribution is 0.0173. The summed E-state index contributed by atoms with van der Waals surface area (Å²) in [5, 5.41) is 0. The van der Waals surface area contributed by atoms with E-state index in [1.54, 1.807) is 14.2 Å². The van der Waals surface area contributed by atoms with Gasteiger partial charge in [0, 0.05) is 31.2 Å². The fourth-order valence-corrected chi connectivity index (χ4v) is 2.13. The average molecular weight is 302 g/mol. The summed E-state index contributed by atoms with van der Waals surface area (Å²) in [6.07, 6.45) is 0. The van der Waals surface area contributed by atoms with Crippen LogP contribution >= 0.6 is 15.9 Å². The lowest BCUT2D eigenvalue weighted by atomic mass is 9.96. The Hall–Kier alpha value is -0.740. The summed E-state index contributed by atoms with van der Waals surface area (Å²) in [5.74, 6) is 0.852. The normalized spacial score (nSPS) is 11.5. The quantitative estimate of drug-likeness (QED) is 0.851. The second-order valence-corrected chi connectivity index (χ2v) is 5.53. The molecule has 0 atom stereocenters. The van der Waals surface area contributed by atoms with E-state index in [1.165, 1.54) is 0 Å². The van der Waals surface area contributed by atoms with Gasteiger partial charge in [-0.1, -0.05) is 15.9 Å². The molecule has 0 amide bonds. The number of nitrogens with zero attached hydrogens (tertiary/aromatic N) is 1. The van der Waals surface area contributed by atoms with E-state index >= 15 is 0 Å².